The smallest absolute Gasteiger partial charge is 0.323 e. The highest BCUT2D eigenvalue weighted by atomic mass is 16.5. The van der Waals surface area contributed by atoms with E-state index in [0.717, 1.165) is 29.7 Å². The molecule has 31 heavy (non-hydrogen) atoms. The van der Waals surface area contributed by atoms with Crippen molar-refractivity contribution in [2.24, 2.45) is 0 Å². The summed E-state index contributed by atoms with van der Waals surface area (Å²) in [4.78, 5) is 18.8. The number of anilines is 2. The summed E-state index contributed by atoms with van der Waals surface area (Å²) in [5.41, 5.74) is 2.45. The molecule has 0 spiro atoms. The van der Waals surface area contributed by atoms with Crippen molar-refractivity contribution in [2.45, 2.75) is 6.54 Å². The molecule has 0 aliphatic rings. The van der Waals surface area contributed by atoms with Crippen LogP contribution < -0.4 is 15.4 Å². The molecule has 2 amide bonds. The van der Waals surface area contributed by atoms with Gasteiger partial charge < -0.3 is 24.8 Å². The largest absolute Gasteiger partial charge is 0.439 e. The van der Waals surface area contributed by atoms with Gasteiger partial charge in [0.25, 0.3) is 0 Å². The molecule has 2 N–H and O–H groups in total. The number of urea groups is 1. The molecule has 7 nitrogen and oxygen atoms in total. The Kier molecular flexibility index (Phi) is 6.14. The number of carbonyl (C=O) groups is 1. The van der Waals surface area contributed by atoms with Crippen LogP contribution >= 0.6 is 0 Å². The van der Waals surface area contributed by atoms with Crippen molar-refractivity contribution < 1.29 is 9.53 Å². The summed E-state index contributed by atoms with van der Waals surface area (Å²) in [5.74, 6) is 1.17. The lowest BCUT2D eigenvalue weighted by Gasteiger charge is -2.12. The second-order valence-electron chi connectivity index (χ2n) is 7.47. The zero-order chi connectivity index (χ0) is 21.6. The highest BCUT2D eigenvalue weighted by Gasteiger charge is 2.07. The van der Waals surface area contributed by atoms with Crippen molar-refractivity contribution in [2.75, 3.05) is 31.3 Å². The maximum atomic E-state index is 12.4. The standard InChI is InChI=1S/C24H25N5O2/c1-28(2)14-15-29-13-12-18-16-19(8-10-22(18)29)26-24(30)27-20-9-11-23(25-17-20)31-21-6-4-3-5-7-21/h3-13,16-17H,14-15H2,1-2H3,(H2,26,27,30). The number of benzene rings is 2. The first-order valence-electron chi connectivity index (χ1n) is 10.1. The Bertz CT molecular complexity index is 1150. The molecule has 0 aliphatic heterocycles. The van der Waals surface area contributed by atoms with Crippen molar-refractivity contribution in [3.05, 3.63) is 79.1 Å². The Morgan fingerprint density at radius 2 is 1.77 bits per heavy atom. The van der Waals surface area contributed by atoms with E-state index >= 15 is 0 Å². The third kappa shape index (κ3) is 5.40. The molecule has 2 heterocycles. The van der Waals surface area contributed by atoms with Gasteiger partial charge in [0, 0.05) is 41.9 Å². The lowest BCUT2D eigenvalue weighted by Crippen LogP contribution is -2.19. The van der Waals surface area contributed by atoms with E-state index in [0.29, 0.717) is 17.3 Å². The van der Waals surface area contributed by atoms with Gasteiger partial charge >= 0.3 is 6.03 Å². The number of ether oxygens (including phenoxy) is 1. The molecular weight excluding hydrogens is 390 g/mol. The van der Waals surface area contributed by atoms with Crippen molar-refractivity contribution in [1.82, 2.24) is 14.5 Å². The number of hydrogen-bond donors (Lipinski definition) is 2. The van der Waals surface area contributed by atoms with Crippen LogP contribution in [-0.4, -0.2) is 41.1 Å². The number of hydrogen-bond acceptors (Lipinski definition) is 4. The molecule has 2 aromatic carbocycles. The van der Waals surface area contributed by atoms with Crippen molar-refractivity contribution >= 4 is 28.3 Å². The van der Waals surface area contributed by atoms with Crippen LogP contribution in [0, 0.1) is 0 Å². The molecule has 4 rings (SSSR count). The number of fused-ring (bicyclic) bond motifs is 1. The summed E-state index contributed by atoms with van der Waals surface area (Å²) < 4.78 is 7.88. The predicted octanol–water partition coefficient (Wildman–Crippen LogP) is 5.03. The Balaban J connectivity index is 1.35. The quantitative estimate of drug-likeness (QED) is 0.444. The fraction of sp³-hybridized carbons (Fsp3) is 0.167. The van der Waals surface area contributed by atoms with Crippen LogP contribution in [-0.2, 0) is 6.54 Å². The summed E-state index contributed by atoms with van der Waals surface area (Å²) in [7, 11) is 4.12. The monoisotopic (exact) mass is 415 g/mol. The molecule has 0 unspecified atom stereocenters. The minimum absolute atomic E-state index is 0.329. The Labute approximate surface area is 181 Å². The molecule has 7 heteroatoms. The van der Waals surface area contributed by atoms with Crippen LogP contribution in [0.4, 0.5) is 16.2 Å². The Hall–Kier alpha value is -3.84. The topological polar surface area (TPSA) is 71.4 Å². The number of pyridine rings is 1. The second kappa shape index (κ2) is 9.32. The van der Waals surface area contributed by atoms with E-state index in [1.165, 1.54) is 0 Å². The number of rotatable bonds is 7. The molecule has 0 saturated carbocycles. The Morgan fingerprint density at radius 3 is 2.52 bits per heavy atom. The van der Waals surface area contributed by atoms with Crippen LogP contribution in [0.5, 0.6) is 11.6 Å². The van der Waals surface area contributed by atoms with E-state index in [9.17, 15) is 4.79 Å². The van der Waals surface area contributed by atoms with Crippen LogP contribution in [0.25, 0.3) is 10.9 Å². The van der Waals surface area contributed by atoms with E-state index in [1.54, 1.807) is 18.3 Å². The molecule has 0 bridgehead atoms. The van der Waals surface area contributed by atoms with Gasteiger partial charge in [-0.05, 0) is 56.6 Å². The van der Waals surface area contributed by atoms with Crippen molar-refractivity contribution in [3.63, 3.8) is 0 Å². The number of amides is 2. The molecule has 0 atom stereocenters. The SMILES string of the molecule is CN(C)CCn1ccc2cc(NC(=O)Nc3ccc(Oc4ccccc4)nc3)ccc21. The maximum Gasteiger partial charge on any atom is 0.323 e. The van der Waals surface area contributed by atoms with Crippen LogP contribution in [0.15, 0.2) is 79.1 Å². The number of para-hydroxylation sites is 1. The molecule has 4 aromatic rings. The maximum absolute atomic E-state index is 12.4. The number of aromatic nitrogens is 2. The van der Waals surface area contributed by atoms with Crippen molar-refractivity contribution in [1.29, 1.82) is 0 Å². The van der Waals surface area contributed by atoms with E-state index in [-0.39, 0.29) is 6.03 Å². The number of likely N-dealkylation sites (N-methyl/N-ethyl adjacent to an activating group) is 1. The molecule has 158 valence electrons. The normalized spacial score (nSPS) is 10.9. The molecule has 0 aliphatic carbocycles. The zero-order valence-corrected chi connectivity index (χ0v) is 17.6. The molecule has 2 aromatic heterocycles. The van der Waals surface area contributed by atoms with Crippen molar-refractivity contribution in [3.8, 4) is 11.6 Å². The predicted molar refractivity (Wildman–Crippen MR) is 124 cm³/mol. The van der Waals surface area contributed by atoms with Gasteiger partial charge in [0.15, 0.2) is 0 Å². The fourth-order valence-corrected chi connectivity index (χ4v) is 3.20. The molecule has 0 radical (unpaired) electrons. The average molecular weight is 415 g/mol. The number of nitrogens with zero attached hydrogens (tertiary/aromatic N) is 3. The summed E-state index contributed by atoms with van der Waals surface area (Å²) >= 11 is 0. The van der Waals surface area contributed by atoms with Gasteiger partial charge in [-0.1, -0.05) is 18.2 Å². The summed E-state index contributed by atoms with van der Waals surface area (Å²) in [5, 5.41) is 6.74. The van der Waals surface area contributed by atoms with Gasteiger partial charge in [-0.15, -0.1) is 0 Å². The van der Waals surface area contributed by atoms with Gasteiger partial charge in [0.05, 0.1) is 11.9 Å². The van der Waals surface area contributed by atoms with E-state index in [2.05, 4.69) is 51.4 Å². The second-order valence-corrected chi connectivity index (χ2v) is 7.47. The molecular formula is C24H25N5O2. The van der Waals surface area contributed by atoms with E-state index in [4.69, 9.17) is 4.74 Å². The first-order valence-corrected chi connectivity index (χ1v) is 10.1. The first-order chi connectivity index (χ1) is 15.1. The van der Waals surface area contributed by atoms with E-state index in [1.807, 2.05) is 48.5 Å². The first kappa shape index (κ1) is 20.4. The lowest BCUT2D eigenvalue weighted by molar-refractivity contribution is 0.262. The van der Waals surface area contributed by atoms with Gasteiger partial charge in [0.2, 0.25) is 5.88 Å². The lowest BCUT2D eigenvalue weighted by atomic mass is 10.2. The van der Waals surface area contributed by atoms with E-state index < -0.39 is 0 Å². The van der Waals surface area contributed by atoms with Crippen LogP contribution in [0.2, 0.25) is 0 Å². The fourth-order valence-electron chi connectivity index (χ4n) is 3.20. The van der Waals surface area contributed by atoms with Gasteiger partial charge in [-0.25, -0.2) is 9.78 Å². The average Bonchev–Trinajstić information content (AvgIpc) is 3.16. The molecule has 0 saturated heterocycles. The minimum Gasteiger partial charge on any atom is -0.439 e. The van der Waals surface area contributed by atoms with Gasteiger partial charge in [0.1, 0.15) is 5.75 Å². The van der Waals surface area contributed by atoms with Gasteiger partial charge in [-0.2, -0.15) is 0 Å². The summed E-state index contributed by atoms with van der Waals surface area (Å²) in [6.07, 6.45) is 3.63. The minimum atomic E-state index is -0.329. The Morgan fingerprint density at radius 1 is 1.00 bits per heavy atom. The highest BCUT2D eigenvalue weighted by molar-refractivity contribution is 6.00. The number of carbonyl (C=O) groups excluding carboxylic acids is 1. The van der Waals surface area contributed by atoms with Crippen LogP contribution in [0.3, 0.4) is 0 Å². The third-order valence-corrected chi connectivity index (χ3v) is 4.78. The van der Waals surface area contributed by atoms with Gasteiger partial charge in [-0.3, -0.25) is 0 Å². The number of nitrogens with one attached hydrogen (secondary N) is 2. The zero-order valence-electron chi connectivity index (χ0n) is 17.6. The summed E-state index contributed by atoms with van der Waals surface area (Å²) in [6, 6.07) is 20.5. The molecule has 0 fully saturated rings. The summed E-state index contributed by atoms with van der Waals surface area (Å²) in [6.45, 7) is 1.89. The highest BCUT2D eigenvalue weighted by Crippen LogP contribution is 2.22. The van der Waals surface area contributed by atoms with Crippen LogP contribution in [0.1, 0.15) is 0 Å². The third-order valence-electron chi connectivity index (χ3n) is 4.78.